The second kappa shape index (κ2) is 3.35. The summed E-state index contributed by atoms with van der Waals surface area (Å²) in [7, 11) is 2.31. The van der Waals surface area contributed by atoms with Crippen LogP contribution in [0.3, 0.4) is 0 Å². The SMILES string of the molecule is C[N@+]1(CC2CC2)C2C13C[C@]14c5c3ccc(O)c5O[C@H]1C(=O)CC[C@@]24O. The number of phenols is 1. The van der Waals surface area contributed by atoms with Crippen molar-refractivity contribution in [3.8, 4) is 11.5 Å². The highest BCUT2D eigenvalue weighted by Gasteiger charge is 2.99. The van der Waals surface area contributed by atoms with Gasteiger partial charge in [0.1, 0.15) is 5.60 Å². The zero-order valence-electron chi connectivity index (χ0n) is 14.3. The minimum Gasteiger partial charge on any atom is -0.504 e. The maximum Gasteiger partial charge on any atom is 0.182 e. The van der Waals surface area contributed by atoms with Crippen LogP contribution in [-0.2, 0) is 15.7 Å². The molecule has 130 valence electrons. The molecule has 6 atom stereocenters. The molecule has 0 amide bonds. The second-order valence-electron chi connectivity index (χ2n) is 9.59. The third-order valence-electron chi connectivity index (χ3n) is 8.75. The Labute approximate surface area is 145 Å². The van der Waals surface area contributed by atoms with Gasteiger partial charge in [-0.3, -0.25) is 4.79 Å². The summed E-state index contributed by atoms with van der Waals surface area (Å²) in [6.45, 7) is 1.12. The quantitative estimate of drug-likeness (QED) is 0.630. The number of quaternary nitrogens is 1. The number of ketones is 1. The molecular formula is C20H22NO4+. The van der Waals surface area contributed by atoms with Crippen LogP contribution in [0, 0.1) is 5.92 Å². The molecular weight excluding hydrogens is 318 g/mol. The van der Waals surface area contributed by atoms with E-state index in [4.69, 9.17) is 4.74 Å². The molecule has 4 fully saturated rings. The summed E-state index contributed by atoms with van der Waals surface area (Å²) in [5.74, 6) is 1.44. The van der Waals surface area contributed by atoms with Gasteiger partial charge in [-0.25, -0.2) is 0 Å². The largest absolute Gasteiger partial charge is 0.504 e. The summed E-state index contributed by atoms with van der Waals surface area (Å²) < 4.78 is 6.92. The van der Waals surface area contributed by atoms with Crippen molar-refractivity contribution < 1.29 is 24.2 Å². The molecule has 0 radical (unpaired) electrons. The zero-order chi connectivity index (χ0) is 17.0. The molecule has 2 N–H and O–H groups in total. The molecule has 2 unspecified atom stereocenters. The van der Waals surface area contributed by atoms with E-state index in [1.807, 2.05) is 6.07 Å². The Morgan fingerprint density at radius 3 is 2.92 bits per heavy atom. The number of piperidine rings is 1. The van der Waals surface area contributed by atoms with Crippen molar-refractivity contribution in [2.75, 3.05) is 13.6 Å². The molecule has 2 aliphatic heterocycles. The van der Waals surface area contributed by atoms with Crippen LogP contribution in [0.4, 0.5) is 0 Å². The van der Waals surface area contributed by atoms with E-state index in [-0.39, 0.29) is 23.1 Å². The van der Waals surface area contributed by atoms with Crippen LogP contribution in [0.2, 0.25) is 0 Å². The van der Waals surface area contributed by atoms with Gasteiger partial charge in [0.05, 0.1) is 19.0 Å². The van der Waals surface area contributed by atoms with E-state index < -0.39 is 17.1 Å². The Bertz CT molecular complexity index is 909. The van der Waals surface area contributed by atoms with E-state index in [9.17, 15) is 15.0 Å². The summed E-state index contributed by atoms with van der Waals surface area (Å²) in [5.41, 5.74) is 0.595. The van der Waals surface area contributed by atoms with Gasteiger partial charge in [-0.05, 0) is 31.4 Å². The molecule has 2 bridgehead atoms. The number of likely N-dealkylation sites (tertiary alicyclic amines) is 1. The lowest BCUT2D eigenvalue weighted by Crippen LogP contribution is -2.65. The van der Waals surface area contributed by atoms with Gasteiger partial charge < -0.3 is 19.4 Å². The van der Waals surface area contributed by atoms with Gasteiger partial charge in [0.25, 0.3) is 0 Å². The predicted octanol–water partition coefficient (Wildman–Crippen LogP) is 1.34. The lowest BCUT2D eigenvalue weighted by atomic mass is 9.59. The van der Waals surface area contributed by atoms with E-state index in [0.29, 0.717) is 18.6 Å². The minimum absolute atomic E-state index is 0.0816. The third-order valence-corrected chi connectivity index (χ3v) is 8.75. The Balaban J connectivity index is 1.55. The molecule has 25 heavy (non-hydrogen) atoms. The van der Waals surface area contributed by atoms with E-state index >= 15 is 0 Å². The molecule has 0 aromatic heterocycles. The number of benzene rings is 1. The first-order chi connectivity index (χ1) is 11.9. The monoisotopic (exact) mass is 340 g/mol. The number of aromatic hydroxyl groups is 1. The molecule has 7 rings (SSSR count). The van der Waals surface area contributed by atoms with Crippen LogP contribution in [0.1, 0.15) is 43.2 Å². The number of hydrogen-bond donors (Lipinski definition) is 2. The first-order valence-corrected chi connectivity index (χ1v) is 9.54. The van der Waals surface area contributed by atoms with Crippen LogP contribution in [0.15, 0.2) is 12.1 Å². The van der Waals surface area contributed by atoms with Crippen LogP contribution in [-0.4, -0.2) is 51.8 Å². The molecule has 1 aromatic rings. The second-order valence-corrected chi connectivity index (χ2v) is 9.59. The molecule has 2 heterocycles. The lowest BCUT2D eigenvalue weighted by molar-refractivity contribution is -0.836. The number of phenolic OH excluding ortho intramolecular Hbond substituents is 1. The highest BCUT2D eigenvalue weighted by molar-refractivity contribution is 5.91. The maximum atomic E-state index is 12.7. The number of nitrogens with zero attached hydrogens (tertiary/aromatic N) is 1. The van der Waals surface area contributed by atoms with Crippen LogP contribution in [0.5, 0.6) is 11.5 Å². The first kappa shape index (κ1) is 13.6. The molecule has 6 aliphatic rings. The smallest absolute Gasteiger partial charge is 0.182 e. The van der Waals surface area contributed by atoms with Gasteiger partial charge in [-0.2, -0.15) is 0 Å². The summed E-state index contributed by atoms with van der Waals surface area (Å²) in [6, 6.07) is 3.93. The fraction of sp³-hybridized carbons (Fsp3) is 0.650. The maximum absolute atomic E-state index is 12.7. The minimum atomic E-state index is -0.888. The summed E-state index contributed by atoms with van der Waals surface area (Å²) in [5, 5.41) is 22.4. The fourth-order valence-corrected chi connectivity index (χ4v) is 7.87. The number of carbonyl (C=O) groups is 1. The molecule has 3 saturated carbocycles. The van der Waals surface area contributed by atoms with Crippen molar-refractivity contribution in [3.05, 3.63) is 23.3 Å². The van der Waals surface area contributed by atoms with E-state index in [1.165, 1.54) is 18.4 Å². The van der Waals surface area contributed by atoms with Gasteiger partial charge >= 0.3 is 0 Å². The van der Waals surface area contributed by atoms with Crippen molar-refractivity contribution in [2.24, 2.45) is 5.92 Å². The van der Waals surface area contributed by atoms with Crippen molar-refractivity contribution >= 4 is 5.78 Å². The standard InChI is InChI=1S/C20H21NO4/c1-21(8-10-2-3-10)17-19(21)9-18-14-11(19)4-5-12(22)15(14)25-16(18)13(23)6-7-20(17,18)24/h4-5,10,16-17,24H,2-3,6-9H2,1H3/p+1/t16-,17?,18-,19?,20+,21-/m0/s1. The van der Waals surface area contributed by atoms with Gasteiger partial charge in [-0.1, -0.05) is 0 Å². The topological polar surface area (TPSA) is 66.8 Å². The Hall–Kier alpha value is -1.59. The fourth-order valence-electron chi connectivity index (χ4n) is 7.87. The zero-order valence-corrected chi connectivity index (χ0v) is 14.3. The van der Waals surface area contributed by atoms with E-state index in [1.54, 1.807) is 6.07 Å². The molecule has 1 aromatic carbocycles. The average Bonchev–Trinajstić information content (AvgIpc) is 3.33. The number of aliphatic hydroxyl groups is 1. The molecule has 1 saturated heterocycles. The van der Waals surface area contributed by atoms with Gasteiger partial charge in [-0.15, -0.1) is 0 Å². The van der Waals surface area contributed by atoms with Gasteiger partial charge in [0.2, 0.25) is 0 Å². The van der Waals surface area contributed by atoms with E-state index in [0.717, 1.165) is 28.9 Å². The van der Waals surface area contributed by atoms with Crippen molar-refractivity contribution in [1.29, 1.82) is 0 Å². The highest BCUT2D eigenvalue weighted by Crippen LogP contribution is 2.84. The Morgan fingerprint density at radius 2 is 2.16 bits per heavy atom. The lowest BCUT2D eigenvalue weighted by Gasteiger charge is -2.46. The van der Waals surface area contributed by atoms with Crippen LogP contribution in [0.25, 0.3) is 0 Å². The molecule has 2 spiro atoms. The van der Waals surface area contributed by atoms with Crippen LogP contribution < -0.4 is 4.74 Å². The number of rotatable bonds is 2. The molecule has 5 heteroatoms. The molecule has 4 aliphatic carbocycles. The number of fused-ring (bicyclic) bond motifs is 1. The Morgan fingerprint density at radius 1 is 1.36 bits per heavy atom. The predicted molar refractivity (Wildman–Crippen MR) is 87.3 cm³/mol. The number of hydrogen-bond acceptors (Lipinski definition) is 4. The normalized spacial score (nSPS) is 52.8. The number of likely N-dealkylation sites (N-methyl/N-ethyl adjacent to an activating group) is 1. The van der Waals surface area contributed by atoms with Crippen LogP contribution >= 0.6 is 0 Å². The first-order valence-electron chi connectivity index (χ1n) is 9.54. The number of ether oxygens (including phenoxy) is 1. The van der Waals surface area contributed by atoms with Crippen molar-refractivity contribution in [2.45, 2.75) is 60.8 Å². The van der Waals surface area contributed by atoms with Crippen molar-refractivity contribution in [1.82, 2.24) is 0 Å². The summed E-state index contributed by atoms with van der Waals surface area (Å²) in [4.78, 5) is 12.7. The number of carbonyl (C=O) groups excluding carboxylic acids is 1. The number of Topliss-reactive ketones (excluding diaryl/α,β-unsaturated/α-hetero) is 1. The van der Waals surface area contributed by atoms with Gasteiger partial charge in [0.15, 0.2) is 35.0 Å². The highest BCUT2D eigenvalue weighted by atomic mass is 16.5. The van der Waals surface area contributed by atoms with E-state index in [2.05, 4.69) is 7.05 Å². The summed E-state index contributed by atoms with van der Waals surface area (Å²) >= 11 is 0. The van der Waals surface area contributed by atoms with Crippen molar-refractivity contribution in [3.63, 3.8) is 0 Å². The Kier molecular flexibility index (Phi) is 1.82. The third kappa shape index (κ3) is 1.03. The average molecular weight is 340 g/mol. The van der Waals surface area contributed by atoms with Gasteiger partial charge in [0, 0.05) is 29.9 Å². The molecule has 5 nitrogen and oxygen atoms in total. The summed E-state index contributed by atoms with van der Waals surface area (Å²) in [6.07, 6.45) is 3.70.